The van der Waals surface area contributed by atoms with Gasteiger partial charge in [0.2, 0.25) is 0 Å². The van der Waals surface area contributed by atoms with E-state index in [4.69, 9.17) is 4.74 Å². The fourth-order valence-corrected chi connectivity index (χ4v) is 2.04. The summed E-state index contributed by atoms with van der Waals surface area (Å²) in [7, 11) is 0. The number of carbonyl (C=O) groups is 1. The molecule has 17 heavy (non-hydrogen) atoms. The normalized spacial score (nSPS) is 19.4. The van der Waals surface area contributed by atoms with E-state index in [9.17, 15) is 4.79 Å². The molecule has 1 N–H and O–H groups in total. The molecule has 0 amide bonds. The van der Waals surface area contributed by atoms with Crippen LogP contribution in [0.2, 0.25) is 0 Å². The predicted molar refractivity (Wildman–Crippen MR) is 67.2 cm³/mol. The summed E-state index contributed by atoms with van der Waals surface area (Å²) in [6.45, 7) is 2.48. The zero-order valence-electron chi connectivity index (χ0n) is 10.0. The first-order valence-corrected chi connectivity index (χ1v) is 6.27. The SMILES string of the molecule is O=C(CCNCC1CCCO1)c1ccccc1. The third-order valence-corrected chi connectivity index (χ3v) is 3.02. The molecule has 1 heterocycles. The highest BCUT2D eigenvalue weighted by atomic mass is 16.5. The minimum atomic E-state index is 0.199. The van der Waals surface area contributed by atoms with Crippen molar-refractivity contribution in [3.05, 3.63) is 35.9 Å². The largest absolute Gasteiger partial charge is 0.377 e. The van der Waals surface area contributed by atoms with Crippen LogP contribution in [0.4, 0.5) is 0 Å². The molecule has 0 saturated carbocycles. The van der Waals surface area contributed by atoms with E-state index in [0.717, 1.165) is 38.1 Å². The van der Waals surface area contributed by atoms with E-state index in [2.05, 4.69) is 5.32 Å². The smallest absolute Gasteiger partial charge is 0.164 e. The second-order valence-electron chi connectivity index (χ2n) is 4.38. The van der Waals surface area contributed by atoms with Gasteiger partial charge in [0.05, 0.1) is 6.10 Å². The van der Waals surface area contributed by atoms with E-state index in [-0.39, 0.29) is 5.78 Å². The van der Waals surface area contributed by atoms with E-state index in [1.807, 2.05) is 30.3 Å². The minimum Gasteiger partial charge on any atom is -0.377 e. The summed E-state index contributed by atoms with van der Waals surface area (Å²) in [6, 6.07) is 9.44. The van der Waals surface area contributed by atoms with Gasteiger partial charge >= 0.3 is 0 Å². The first-order valence-electron chi connectivity index (χ1n) is 6.27. The summed E-state index contributed by atoms with van der Waals surface area (Å²) in [5.74, 6) is 0.199. The molecule has 1 fully saturated rings. The number of hydrogen-bond donors (Lipinski definition) is 1. The summed E-state index contributed by atoms with van der Waals surface area (Å²) in [6.07, 6.45) is 3.20. The van der Waals surface area contributed by atoms with E-state index >= 15 is 0 Å². The summed E-state index contributed by atoms with van der Waals surface area (Å²) < 4.78 is 5.50. The molecule has 1 atom stereocenters. The second-order valence-corrected chi connectivity index (χ2v) is 4.38. The van der Waals surface area contributed by atoms with E-state index in [1.165, 1.54) is 0 Å². The van der Waals surface area contributed by atoms with Gasteiger partial charge in [0.1, 0.15) is 0 Å². The van der Waals surface area contributed by atoms with Crippen LogP contribution in [-0.2, 0) is 4.74 Å². The van der Waals surface area contributed by atoms with Gasteiger partial charge in [0.25, 0.3) is 0 Å². The van der Waals surface area contributed by atoms with Crippen LogP contribution in [0.1, 0.15) is 29.6 Å². The van der Waals surface area contributed by atoms with Crippen LogP contribution in [-0.4, -0.2) is 31.6 Å². The maximum atomic E-state index is 11.8. The maximum Gasteiger partial charge on any atom is 0.164 e. The molecule has 1 unspecified atom stereocenters. The summed E-state index contributed by atoms with van der Waals surface area (Å²) >= 11 is 0. The lowest BCUT2D eigenvalue weighted by molar-refractivity contribution is 0.0968. The van der Waals surface area contributed by atoms with Crippen LogP contribution in [0, 0.1) is 0 Å². The average Bonchev–Trinajstić information content (AvgIpc) is 2.88. The molecule has 2 rings (SSSR count). The molecular formula is C14H19NO2. The van der Waals surface area contributed by atoms with Crippen LogP contribution in [0.25, 0.3) is 0 Å². The topological polar surface area (TPSA) is 38.3 Å². The van der Waals surface area contributed by atoms with Gasteiger partial charge < -0.3 is 10.1 Å². The number of Topliss-reactive ketones (excluding diaryl/α,β-unsaturated/α-hetero) is 1. The Balaban J connectivity index is 1.63. The van der Waals surface area contributed by atoms with Crippen molar-refractivity contribution in [2.24, 2.45) is 0 Å². The third-order valence-electron chi connectivity index (χ3n) is 3.02. The number of nitrogens with one attached hydrogen (secondary N) is 1. The number of hydrogen-bond acceptors (Lipinski definition) is 3. The molecule has 1 saturated heterocycles. The Bertz CT molecular complexity index is 344. The van der Waals surface area contributed by atoms with E-state index < -0.39 is 0 Å². The molecule has 3 nitrogen and oxygen atoms in total. The van der Waals surface area contributed by atoms with Crippen molar-refractivity contribution in [1.29, 1.82) is 0 Å². The van der Waals surface area contributed by atoms with Crippen molar-refractivity contribution in [1.82, 2.24) is 5.32 Å². The van der Waals surface area contributed by atoms with Crippen LogP contribution >= 0.6 is 0 Å². The highest BCUT2D eigenvalue weighted by Crippen LogP contribution is 2.10. The van der Waals surface area contributed by atoms with Gasteiger partial charge in [-0.1, -0.05) is 30.3 Å². The Morgan fingerprint density at radius 3 is 2.88 bits per heavy atom. The maximum absolute atomic E-state index is 11.8. The Labute approximate surface area is 102 Å². The zero-order chi connectivity index (χ0) is 11.9. The standard InChI is InChI=1S/C14H19NO2/c16-14(12-5-2-1-3-6-12)8-9-15-11-13-7-4-10-17-13/h1-3,5-6,13,15H,4,7-11H2. The van der Waals surface area contributed by atoms with Gasteiger partial charge in [0, 0.05) is 31.7 Å². The zero-order valence-corrected chi connectivity index (χ0v) is 10.0. The van der Waals surface area contributed by atoms with Gasteiger partial charge in [-0.2, -0.15) is 0 Å². The molecule has 0 aliphatic carbocycles. The third kappa shape index (κ3) is 3.95. The van der Waals surface area contributed by atoms with Gasteiger partial charge in [-0.15, -0.1) is 0 Å². The first kappa shape index (κ1) is 12.3. The molecule has 1 aliphatic rings. The average molecular weight is 233 g/mol. The fraction of sp³-hybridized carbons (Fsp3) is 0.500. The lowest BCUT2D eigenvalue weighted by Gasteiger charge is -2.10. The Kier molecular flexibility index (Phi) is 4.71. The van der Waals surface area contributed by atoms with Crippen LogP contribution in [0.3, 0.4) is 0 Å². The quantitative estimate of drug-likeness (QED) is 0.603. The second kappa shape index (κ2) is 6.52. The lowest BCUT2D eigenvalue weighted by atomic mass is 10.1. The number of rotatable bonds is 6. The molecule has 0 radical (unpaired) electrons. The summed E-state index contributed by atoms with van der Waals surface area (Å²) in [4.78, 5) is 11.8. The molecular weight excluding hydrogens is 214 g/mol. The highest BCUT2D eigenvalue weighted by molar-refractivity contribution is 5.96. The number of carbonyl (C=O) groups excluding carboxylic acids is 1. The van der Waals surface area contributed by atoms with Crippen molar-refractivity contribution in [3.8, 4) is 0 Å². The molecule has 1 aromatic rings. The van der Waals surface area contributed by atoms with Gasteiger partial charge in [-0.25, -0.2) is 0 Å². The van der Waals surface area contributed by atoms with Crippen LogP contribution < -0.4 is 5.32 Å². The Morgan fingerprint density at radius 1 is 1.35 bits per heavy atom. The molecule has 0 bridgehead atoms. The fourth-order valence-electron chi connectivity index (χ4n) is 2.04. The molecule has 1 aliphatic heterocycles. The van der Waals surface area contributed by atoms with Gasteiger partial charge in [-0.05, 0) is 12.8 Å². The number of ether oxygens (including phenoxy) is 1. The minimum absolute atomic E-state index is 0.199. The van der Waals surface area contributed by atoms with Gasteiger partial charge in [-0.3, -0.25) is 4.79 Å². The Morgan fingerprint density at radius 2 is 2.18 bits per heavy atom. The van der Waals surface area contributed by atoms with E-state index in [0.29, 0.717) is 12.5 Å². The monoisotopic (exact) mass is 233 g/mol. The summed E-state index contributed by atoms with van der Waals surface area (Å²) in [5.41, 5.74) is 0.798. The molecule has 1 aromatic carbocycles. The lowest BCUT2D eigenvalue weighted by Crippen LogP contribution is -2.28. The van der Waals surface area contributed by atoms with Crippen molar-refractivity contribution < 1.29 is 9.53 Å². The molecule has 3 heteroatoms. The first-order chi connectivity index (χ1) is 8.36. The highest BCUT2D eigenvalue weighted by Gasteiger charge is 2.14. The van der Waals surface area contributed by atoms with Crippen molar-refractivity contribution in [2.75, 3.05) is 19.7 Å². The Hall–Kier alpha value is -1.19. The number of ketones is 1. The summed E-state index contributed by atoms with van der Waals surface area (Å²) in [5, 5.41) is 3.28. The molecule has 92 valence electrons. The van der Waals surface area contributed by atoms with E-state index in [1.54, 1.807) is 0 Å². The van der Waals surface area contributed by atoms with Crippen LogP contribution in [0.5, 0.6) is 0 Å². The van der Waals surface area contributed by atoms with Crippen molar-refractivity contribution >= 4 is 5.78 Å². The molecule has 0 aromatic heterocycles. The number of benzene rings is 1. The van der Waals surface area contributed by atoms with Gasteiger partial charge in [0.15, 0.2) is 5.78 Å². The van der Waals surface area contributed by atoms with Crippen LogP contribution in [0.15, 0.2) is 30.3 Å². The van der Waals surface area contributed by atoms with Crippen molar-refractivity contribution in [3.63, 3.8) is 0 Å². The van der Waals surface area contributed by atoms with Crippen molar-refractivity contribution in [2.45, 2.75) is 25.4 Å². The predicted octanol–water partition coefficient (Wildman–Crippen LogP) is 2.03. The molecule has 0 spiro atoms.